The van der Waals surface area contributed by atoms with Gasteiger partial charge in [-0.25, -0.2) is 10.6 Å². The zero-order valence-electron chi connectivity index (χ0n) is 18.2. The number of rotatable bonds is 5. The van der Waals surface area contributed by atoms with Crippen molar-refractivity contribution in [3.05, 3.63) is 88.3 Å². The first-order chi connectivity index (χ1) is 15.5. The Morgan fingerprint density at radius 3 is 2.69 bits per heavy atom. The zero-order valence-corrected chi connectivity index (χ0v) is 18.2. The highest BCUT2D eigenvalue weighted by Gasteiger charge is 2.32. The van der Waals surface area contributed by atoms with Crippen molar-refractivity contribution in [3.8, 4) is 0 Å². The second kappa shape index (κ2) is 9.28. The van der Waals surface area contributed by atoms with Crippen molar-refractivity contribution >= 4 is 18.0 Å². The Balaban J connectivity index is 1.65. The second-order valence-electron chi connectivity index (χ2n) is 8.15. The van der Waals surface area contributed by atoms with Crippen molar-refractivity contribution in [2.75, 3.05) is 13.7 Å². The van der Waals surface area contributed by atoms with Crippen LogP contribution in [-0.4, -0.2) is 41.5 Å². The van der Waals surface area contributed by atoms with Gasteiger partial charge in [-0.05, 0) is 47.6 Å². The molecule has 2 aromatic carbocycles. The normalized spacial score (nSPS) is 17.4. The van der Waals surface area contributed by atoms with Gasteiger partial charge in [0.15, 0.2) is 0 Å². The Labute approximate surface area is 187 Å². The van der Waals surface area contributed by atoms with Crippen LogP contribution in [0.25, 0.3) is 6.08 Å². The molecule has 4 rings (SSSR count). The highest BCUT2D eigenvalue weighted by atomic mass is 16.5. The number of ether oxygens (including phenoxy) is 1. The van der Waals surface area contributed by atoms with E-state index in [4.69, 9.17) is 11.6 Å². The van der Waals surface area contributed by atoms with Gasteiger partial charge in [0.2, 0.25) is 0 Å². The Morgan fingerprint density at radius 1 is 1.16 bits per heavy atom. The number of hydrogen-bond acceptors (Lipinski definition) is 6. The average Bonchev–Trinajstić information content (AvgIpc) is 2.82. The van der Waals surface area contributed by atoms with Gasteiger partial charge in [0.25, 0.3) is 5.91 Å². The van der Waals surface area contributed by atoms with E-state index in [0.717, 1.165) is 24.0 Å². The smallest absolute Gasteiger partial charge is 0.355 e. The topological polar surface area (TPSA) is 102 Å². The number of methoxy groups -OCH3 is 1. The second-order valence-corrected chi connectivity index (χ2v) is 8.15. The fourth-order valence-electron chi connectivity index (χ4n) is 4.44. The van der Waals surface area contributed by atoms with E-state index < -0.39 is 5.97 Å². The van der Waals surface area contributed by atoms with Crippen LogP contribution in [0.15, 0.2) is 60.4 Å². The molecule has 0 spiro atoms. The van der Waals surface area contributed by atoms with Crippen molar-refractivity contribution in [1.82, 2.24) is 9.91 Å². The lowest BCUT2D eigenvalue weighted by Gasteiger charge is -2.39. The summed E-state index contributed by atoms with van der Waals surface area (Å²) in [6, 6.07) is 13.9. The molecule has 0 bridgehead atoms. The molecule has 0 radical (unpaired) electrons. The molecule has 1 unspecified atom stereocenters. The van der Waals surface area contributed by atoms with Crippen LogP contribution in [0.4, 0.5) is 0 Å². The summed E-state index contributed by atoms with van der Waals surface area (Å²) in [5.74, 6) is 5.48. The molecule has 0 aromatic heterocycles. The number of nitrogens with two attached hydrogens (primary N) is 2. The van der Waals surface area contributed by atoms with Crippen LogP contribution in [0.1, 0.15) is 39.0 Å². The fraction of sp³-hybridized carbons (Fsp3) is 0.280. The van der Waals surface area contributed by atoms with Crippen molar-refractivity contribution in [1.29, 1.82) is 0 Å². The number of carbonyl (C=O) groups is 2. The fourth-order valence-corrected chi connectivity index (χ4v) is 4.44. The number of fused-ring (bicyclic) bond motifs is 2. The van der Waals surface area contributed by atoms with E-state index in [-0.39, 0.29) is 17.6 Å². The largest absolute Gasteiger partial charge is 0.464 e. The van der Waals surface area contributed by atoms with Gasteiger partial charge in [-0.3, -0.25) is 4.79 Å². The predicted molar refractivity (Wildman–Crippen MR) is 123 cm³/mol. The molecule has 4 N–H and O–H groups in total. The maximum atomic E-state index is 13.8. The molecule has 0 fully saturated rings. The third-order valence-electron chi connectivity index (χ3n) is 6.06. The lowest BCUT2D eigenvalue weighted by molar-refractivity contribution is -0.136. The van der Waals surface area contributed by atoms with E-state index >= 15 is 0 Å². The Hall–Kier alpha value is -3.58. The van der Waals surface area contributed by atoms with Gasteiger partial charge in [0, 0.05) is 18.3 Å². The van der Waals surface area contributed by atoms with Crippen molar-refractivity contribution in [2.45, 2.75) is 31.8 Å². The van der Waals surface area contributed by atoms with Crippen LogP contribution in [0.5, 0.6) is 0 Å². The number of carbonyl (C=O) groups excluding carboxylic acids is 2. The van der Waals surface area contributed by atoms with Crippen LogP contribution >= 0.6 is 0 Å². The molecule has 0 saturated heterocycles. The number of benzene rings is 2. The molecule has 2 aliphatic rings. The molecule has 1 aliphatic heterocycles. The number of aryl methyl sites for hydroxylation is 1. The Morgan fingerprint density at radius 2 is 1.91 bits per heavy atom. The van der Waals surface area contributed by atoms with Gasteiger partial charge in [0.05, 0.1) is 19.7 Å². The standard InChI is InChI=1S/C25H28N4O3/c1-32-25(31)23(26)16-28(27)15-20-13-18-8-2-3-9-19(18)14-29(20)24(30)22-12-6-10-17-7-4-5-11-21(17)22/h2-3,5-6,8-12,16,20H,4,7,13-15,26-27H2,1H3/b23-16-. The molecule has 1 aliphatic carbocycles. The third-order valence-corrected chi connectivity index (χ3v) is 6.06. The summed E-state index contributed by atoms with van der Waals surface area (Å²) < 4.78 is 4.63. The predicted octanol–water partition coefficient (Wildman–Crippen LogP) is 2.36. The van der Waals surface area contributed by atoms with Gasteiger partial charge in [-0.1, -0.05) is 48.6 Å². The van der Waals surface area contributed by atoms with Crippen molar-refractivity contribution in [2.24, 2.45) is 11.6 Å². The van der Waals surface area contributed by atoms with E-state index in [9.17, 15) is 9.59 Å². The minimum atomic E-state index is -0.648. The van der Waals surface area contributed by atoms with Crippen LogP contribution in [0, 0.1) is 0 Å². The van der Waals surface area contributed by atoms with Crippen molar-refractivity contribution < 1.29 is 14.3 Å². The summed E-state index contributed by atoms with van der Waals surface area (Å²) >= 11 is 0. The number of hydrazine groups is 1. The van der Waals surface area contributed by atoms with Crippen LogP contribution in [0.2, 0.25) is 0 Å². The maximum absolute atomic E-state index is 13.8. The van der Waals surface area contributed by atoms with Gasteiger partial charge in [-0.2, -0.15) is 0 Å². The van der Waals surface area contributed by atoms with E-state index in [1.54, 1.807) is 0 Å². The quantitative estimate of drug-likeness (QED) is 0.326. The molecule has 7 nitrogen and oxygen atoms in total. The van der Waals surface area contributed by atoms with Crippen LogP contribution in [0.3, 0.4) is 0 Å². The van der Waals surface area contributed by atoms with E-state index in [1.807, 2.05) is 35.2 Å². The third kappa shape index (κ3) is 4.38. The Kier molecular flexibility index (Phi) is 6.28. The maximum Gasteiger partial charge on any atom is 0.355 e. The van der Waals surface area contributed by atoms with Crippen LogP contribution < -0.4 is 11.6 Å². The summed E-state index contributed by atoms with van der Waals surface area (Å²) in [4.78, 5) is 27.3. The highest BCUT2D eigenvalue weighted by molar-refractivity contribution is 5.98. The summed E-state index contributed by atoms with van der Waals surface area (Å²) in [6.07, 6.45) is 8.10. The SMILES string of the molecule is COC(=O)/C(N)=C/N(N)CC1Cc2ccccc2CN1C(=O)c1cccc2c1C=CCC2. The van der Waals surface area contributed by atoms with Gasteiger partial charge in [-0.15, -0.1) is 0 Å². The molecular weight excluding hydrogens is 404 g/mol. The Bertz CT molecular complexity index is 1090. The minimum Gasteiger partial charge on any atom is -0.464 e. The lowest BCUT2D eigenvalue weighted by Crippen LogP contribution is -2.50. The summed E-state index contributed by atoms with van der Waals surface area (Å²) in [6.45, 7) is 0.819. The number of esters is 1. The summed E-state index contributed by atoms with van der Waals surface area (Å²) in [5.41, 5.74) is 10.9. The monoisotopic (exact) mass is 432 g/mol. The molecule has 2 aromatic rings. The zero-order chi connectivity index (χ0) is 22.7. The number of hydrogen-bond donors (Lipinski definition) is 2. The van der Waals surface area contributed by atoms with Crippen LogP contribution in [-0.2, 0) is 28.9 Å². The summed E-state index contributed by atoms with van der Waals surface area (Å²) in [7, 11) is 1.26. The molecule has 1 atom stereocenters. The first-order valence-electron chi connectivity index (χ1n) is 10.7. The first kappa shape index (κ1) is 21.6. The van der Waals surface area contributed by atoms with E-state index in [2.05, 4.69) is 29.0 Å². The van der Waals surface area contributed by atoms with Gasteiger partial charge in [0.1, 0.15) is 5.70 Å². The first-order valence-corrected chi connectivity index (χ1v) is 10.7. The summed E-state index contributed by atoms with van der Waals surface area (Å²) in [5, 5.41) is 1.35. The molecule has 1 heterocycles. The van der Waals surface area contributed by atoms with E-state index in [0.29, 0.717) is 25.1 Å². The molecule has 1 amide bonds. The van der Waals surface area contributed by atoms with Gasteiger partial charge < -0.3 is 20.4 Å². The highest BCUT2D eigenvalue weighted by Crippen LogP contribution is 2.29. The number of nitrogens with zero attached hydrogens (tertiary/aromatic N) is 2. The molecular formula is C25H28N4O3. The number of amides is 1. The average molecular weight is 433 g/mol. The molecule has 0 saturated carbocycles. The number of allylic oxidation sites excluding steroid dienone is 1. The van der Waals surface area contributed by atoms with Gasteiger partial charge >= 0.3 is 5.97 Å². The lowest BCUT2D eigenvalue weighted by atomic mass is 9.90. The minimum absolute atomic E-state index is 0.0220. The van der Waals surface area contributed by atoms with E-state index in [1.165, 1.54) is 29.4 Å². The van der Waals surface area contributed by atoms with Crippen molar-refractivity contribution in [3.63, 3.8) is 0 Å². The molecule has 7 heteroatoms. The molecule has 166 valence electrons. The molecule has 32 heavy (non-hydrogen) atoms.